The standard InChI is InChI=1S/C17H15ClN2S2/c1-12-2-6-14(7-3-12)21-15-8-4-13(5-9-15)19-10-16-11-20-17(18)22-16/h2-9,11,19H,10H2,1H3. The Kier molecular flexibility index (Phi) is 5.03. The van der Waals surface area contributed by atoms with E-state index in [0.717, 1.165) is 17.1 Å². The third kappa shape index (κ3) is 4.26. The molecule has 0 bridgehead atoms. The summed E-state index contributed by atoms with van der Waals surface area (Å²) in [6, 6.07) is 17.0. The van der Waals surface area contributed by atoms with Gasteiger partial charge in [0.05, 0.1) is 6.54 Å². The van der Waals surface area contributed by atoms with Crippen molar-refractivity contribution >= 4 is 40.4 Å². The lowest BCUT2D eigenvalue weighted by molar-refractivity contribution is 1.17. The Morgan fingerprint density at radius 1 is 1.05 bits per heavy atom. The second-order valence-corrected chi connectivity index (χ2v) is 7.72. The molecule has 2 nitrogen and oxygen atoms in total. The number of rotatable bonds is 5. The van der Waals surface area contributed by atoms with Crippen LogP contribution >= 0.6 is 34.7 Å². The minimum absolute atomic E-state index is 0.585. The van der Waals surface area contributed by atoms with Gasteiger partial charge in [-0.1, -0.05) is 41.1 Å². The molecule has 0 fully saturated rings. The number of thiazole rings is 1. The molecule has 3 aromatic rings. The molecule has 0 aliphatic carbocycles. The van der Waals surface area contributed by atoms with Crippen LogP contribution in [0, 0.1) is 6.92 Å². The van der Waals surface area contributed by atoms with Gasteiger partial charge in [-0.25, -0.2) is 4.98 Å². The predicted octanol–water partition coefficient (Wildman–Crippen LogP) is 5.87. The van der Waals surface area contributed by atoms with Gasteiger partial charge >= 0.3 is 0 Å². The summed E-state index contributed by atoms with van der Waals surface area (Å²) >= 11 is 9.10. The molecule has 0 saturated carbocycles. The van der Waals surface area contributed by atoms with E-state index >= 15 is 0 Å². The molecule has 3 rings (SSSR count). The smallest absolute Gasteiger partial charge is 0.183 e. The summed E-state index contributed by atoms with van der Waals surface area (Å²) in [7, 11) is 0. The van der Waals surface area contributed by atoms with Crippen LogP contribution in [0.25, 0.3) is 0 Å². The van der Waals surface area contributed by atoms with Gasteiger partial charge in [0.25, 0.3) is 0 Å². The zero-order valence-electron chi connectivity index (χ0n) is 12.0. The average Bonchev–Trinajstić information content (AvgIpc) is 2.94. The molecule has 1 heterocycles. The van der Waals surface area contributed by atoms with Gasteiger partial charge in [0, 0.05) is 26.6 Å². The van der Waals surface area contributed by atoms with E-state index < -0.39 is 0 Å². The topological polar surface area (TPSA) is 24.9 Å². The van der Waals surface area contributed by atoms with E-state index in [-0.39, 0.29) is 0 Å². The molecule has 0 atom stereocenters. The normalized spacial score (nSPS) is 10.6. The van der Waals surface area contributed by atoms with Gasteiger partial charge in [0.15, 0.2) is 4.47 Å². The van der Waals surface area contributed by atoms with E-state index in [1.165, 1.54) is 26.7 Å². The summed E-state index contributed by atoms with van der Waals surface area (Å²) in [6.45, 7) is 2.85. The summed E-state index contributed by atoms with van der Waals surface area (Å²) in [6.07, 6.45) is 1.81. The number of nitrogens with zero attached hydrogens (tertiary/aromatic N) is 1. The summed E-state index contributed by atoms with van der Waals surface area (Å²) in [5, 5.41) is 3.38. The Hall–Kier alpha value is -1.49. The lowest BCUT2D eigenvalue weighted by Crippen LogP contribution is -1.96. The van der Waals surface area contributed by atoms with Crippen LogP contribution < -0.4 is 5.32 Å². The Labute approximate surface area is 143 Å². The number of aromatic nitrogens is 1. The number of aryl methyl sites for hydroxylation is 1. The molecule has 0 radical (unpaired) electrons. The maximum Gasteiger partial charge on any atom is 0.183 e. The van der Waals surface area contributed by atoms with E-state index in [1.807, 2.05) is 6.20 Å². The molecule has 112 valence electrons. The molecule has 0 spiro atoms. The first-order valence-corrected chi connectivity index (χ1v) is 8.89. The highest BCUT2D eigenvalue weighted by molar-refractivity contribution is 7.99. The van der Waals surface area contributed by atoms with Crippen LogP contribution in [0.1, 0.15) is 10.4 Å². The molecule has 1 N–H and O–H groups in total. The summed E-state index contributed by atoms with van der Waals surface area (Å²) in [4.78, 5) is 7.65. The number of hydrogen-bond acceptors (Lipinski definition) is 4. The van der Waals surface area contributed by atoms with Gasteiger partial charge in [-0.15, -0.1) is 11.3 Å². The number of halogens is 1. The monoisotopic (exact) mass is 346 g/mol. The van der Waals surface area contributed by atoms with Gasteiger partial charge < -0.3 is 5.32 Å². The average molecular weight is 347 g/mol. The van der Waals surface area contributed by atoms with Crippen molar-refractivity contribution in [2.75, 3.05) is 5.32 Å². The zero-order valence-corrected chi connectivity index (χ0v) is 14.4. The van der Waals surface area contributed by atoms with Gasteiger partial charge in [0.2, 0.25) is 0 Å². The van der Waals surface area contributed by atoms with Crippen molar-refractivity contribution in [2.24, 2.45) is 0 Å². The molecule has 0 saturated heterocycles. The van der Waals surface area contributed by atoms with Crippen molar-refractivity contribution in [3.05, 3.63) is 69.6 Å². The zero-order chi connectivity index (χ0) is 15.4. The Morgan fingerprint density at radius 3 is 2.27 bits per heavy atom. The van der Waals surface area contributed by atoms with E-state index in [9.17, 15) is 0 Å². The fraction of sp³-hybridized carbons (Fsp3) is 0.118. The van der Waals surface area contributed by atoms with Crippen LogP contribution in [0.4, 0.5) is 5.69 Å². The molecule has 0 unspecified atom stereocenters. The Morgan fingerprint density at radius 2 is 1.68 bits per heavy atom. The summed E-state index contributed by atoms with van der Waals surface area (Å²) in [5.41, 5.74) is 2.38. The van der Waals surface area contributed by atoms with Crippen LogP contribution in [-0.4, -0.2) is 4.98 Å². The second kappa shape index (κ2) is 7.18. The maximum absolute atomic E-state index is 5.83. The van der Waals surface area contributed by atoms with Crippen LogP contribution in [0.15, 0.2) is 64.5 Å². The van der Waals surface area contributed by atoms with Crippen molar-refractivity contribution in [1.29, 1.82) is 0 Å². The van der Waals surface area contributed by atoms with Gasteiger partial charge in [-0.05, 0) is 43.3 Å². The molecule has 0 aliphatic rings. The van der Waals surface area contributed by atoms with E-state index in [4.69, 9.17) is 11.6 Å². The lowest BCUT2D eigenvalue weighted by Gasteiger charge is -2.06. The van der Waals surface area contributed by atoms with Crippen molar-refractivity contribution in [3.8, 4) is 0 Å². The third-order valence-corrected chi connectivity index (χ3v) is 5.23. The molecule has 1 aromatic heterocycles. The molecule has 0 amide bonds. The first kappa shape index (κ1) is 15.4. The molecule has 0 aliphatic heterocycles. The van der Waals surface area contributed by atoms with E-state index in [1.54, 1.807) is 11.8 Å². The number of anilines is 1. The van der Waals surface area contributed by atoms with Gasteiger partial charge in [0.1, 0.15) is 0 Å². The number of nitrogens with one attached hydrogen (secondary N) is 1. The fourth-order valence-electron chi connectivity index (χ4n) is 1.94. The van der Waals surface area contributed by atoms with Crippen molar-refractivity contribution in [3.63, 3.8) is 0 Å². The SMILES string of the molecule is Cc1ccc(Sc2ccc(NCc3cnc(Cl)s3)cc2)cc1. The van der Waals surface area contributed by atoms with Crippen molar-refractivity contribution in [2.45, 2.75) is 23.3 Å². The second-order valence-electron chi connectivity index (χ2n) is 4.87. The van der Waals surface area contributed by atoms with Crippen molar-refractivity contribution < 1.29 is 0 Å². The minimum atomic E-state index is 0.585. The third-order valence-electron chi connectivity index (χ3n) is 3.10. The van der Waals surface area contributed by atoms with Crippen LogP contribution in [-0.2, 0) is 6.54 Å². The Balaban J connectivity index is 1.59. The summed E-state index contributed by atoms with van der Waals surface area (Å²) < 4.78 is 0.585. The van der Waals surface area contributed by atoms with Gasteiger partial charge in [-0.2, -0.15) is 0 Å². The largest absolute Gasteiger partial charge is 0.380 e. The first-order valence-electron chi connectivity index (χ1n) is 6.88. The first-order chi connectivity index (χ1) is 10.7. The highest BCUT2D eigenvalue weighted by Gasteiger charge is 2.01. The molecule has 2 aromatic carbocycles. The maximum atomic E-state index is 5.83. The summed E-state index contributed by atoms with van der Waals surface area (Å²) in [5.74, 6) is 0. The fourth-order valence-corrected chi connectivity index (χ4v) is 3.67. The quantitative estimate of drug-likeness (QED) is 0.625. The molecular weight excluding hydrogens is 332 g/mol. The lowest BCUT2D eigenvalue weighted by atomic mass is 10.2. The van der Waals surface area contributed by atoms with Crippen LogP contribution in [0.2, 0.25) is 4.47 Å². The Bertz CT molecular complexity index is 736. The van der Waals surface area contributed by atoms with E-state index in [0.29, 0.717) is 4.47 Å². The predicted molar refractivity (Wildman–Crippen MR) is 96.2 cm³/mol. The van der Waals surface area contributed by atoms with Gasteiger partial charge in [-0.3, -0.25) is 0 Å². The highest BCUT2D eigenvalue weighted by atomic mass is 35.5. The van der Waals surface area contributed by atoms with Crippen molar-refractivity contribution in [1.82, 2.24) is 4.98 Å². The molecule has 5 heteroatoms. The van der Waals surface area contributed by atoms with Crippen LogP contribution in [0.5, 0.6) is 0 Å². The molecular formula is C17H15ClN2S2. The highest BCUT2D eigenvalue weighted by Crippen LogP contribution is 2.29. The van der Waals surface area contributed by atoms with Crippen LogP contribution in [0.3, 0.4) is 0 Å². The minimum Gasteiger partial charge on any atom is -0.380 e. The number of hydrogen-bond donors (Lipinski definition) is 1. The molecule has 22 heavy (non-hydrogen) atoms. The number of benzene rings is 2. The van der Waals surface area contributed by atoms with E-state index in [2.05, 4.69) is 65.8 Å².